The lowest BCUT2D eigenvalue weighted by Crippen LogP contribution is -2.23. The molecule has 0 atom stereocenters. The van der Waals surface area contributed by atoms with Gasteiger partial charge in [-0.15, -0.1) is 0 Å². The van der Waals surface area contributed by atoms with Gasteiger partial charge in [-0.25, -0.2) is 9.78 Å². The number of hydrogen-bond acceptors (Lipinski definition) is 3. The third-order valence-corrected chi connectivity index (χ3v) is 3.46. The normalized spacial score (nSPS) is 10.1. The van der Waals surface area contributed by atoms with E-state index in [-0.39, 0.29) is 6.61 Å². The zero-order chi connectivity index (χ0) is 14.4. The van der Waals surface area contributed by atoms with Crippen LogP contribution in [0.5, 0.6) is 0 Å². The molecule has 2 rings (SSSR count). The number of ether oxygens (including phenoxy) is 1. The molecule has 1 aromatic carbocycles. The molecule has 0 unspecified atom stereocenters. The highest BCUT2D eigenvalue weighted by molar-refractivity contribution is 9.10. The minimum atomic E-state index is -0.478. The Bertz CT molecular complexity index is 593. The van der Waals surface area contributed by atoms with E-state index in [0.717, 1.165) is 15.6 Å². The summed E-state index contributed by atoms with van der Waals surface area (Å²) >= 11 is 9.14. The Hall–Kier alpha value is -1.59. The molecule has 6 heteroatoms. The molecule has 104 valence electrons. The molecular formula is C14H12BrClN2O2. The predicted molar refractivity (Wildman–Crippen MR) is 80.4 cm³/mol. The lowest BCUT2D eigenvalue weighted by molar-refractivity contribution is 0.139. The molecule has 0 radical (unpaired) electrons. The van der Waals surface area contributed by atoms with Crippen LogP contribution in [-0.2, 0) is 17.9 Å². The fourth-order valence-electron chi connectivity index (χ4n) is 1.53. The molecule has 2 aromatic rings. The molecule has 0 saturated heterocycles. The zero-order valence-electron chi connectivity index (χ0n) is 10.5. The van der Waals surface area contributed by atoms with Gasteiger partial charge in [-0.05, 0) is 33.1 Å². The van der Waals surface area contributed by atoms with Crippen LogP contribution in [0.1, 0.15) is 11.1 Å². The summed E-state index contributed by atoms with van der Waals surface area (Å²) in [5.74, 6) is 0. The smallest absolute Gasteiger partial charge is 0.407 e. The molecule has 0 aliphatic rings. The molecule has 20 heavy (non-hydrogen) atoms. The summed E-state index contributed by atoms with van der Waals surface area (Å²) in [5, 5.41) is 3.04. The van der Waals surface area contributed by atoms with Gasteiger partial charge in [0.1, 0.15) is 11.8 Å². The maximum Gasteiger partial charge on any atom is 0.407 e. The van der Waals surface area contributed by atoms with Gasteiger partial charge in [0.15, 0.2) is 0 Å². The highest BCUT2D eigenvalue weighted by Gasteiger charge is 2.06. The number of carbonyl (C=O) groups excluding carboxylic acids is 1. The number of rotatable bonds is 4. The summed E-state index contributed by atoms with van der Waals surface area (Å²) in [6.07, 6.45) is 1.11. The SMILES string of the molecule is O=C(NCc1cc(Cl)ncc1Br)OCc1ccccc1. The number of benzene rings is 1. The number of nitrogens with one attached hydrogen (secondary N) is 1. The molecule has 1 N–H and O–H groups in total. The third kappa shape index (κ3) is 4.51. The van der Waals surface area contributed by atoms with Crippen LogP contribution < -0.4 is 5.32 Å². The fourth-order valence-corrected chi connectivity index (χ4v) is 2.07. The van der Waals surface area contributed by atoms with Gasteiger partial charge in [-0.3, -0.25) is 0 Å². The standard InChI is InChI=1S/C14H12BrClN2O2/c15-12-8-17-13(16)6-11(12)7-18-14(19)20-9-10-4-2-1-3-5-10/h1-6,8H,7,9H2,(H,18,19). The van der Waals surface area contributed by atoms with E-state index in [2.05, 4.69) is 26.2 Å². The summed E-state index contributed by atoms with van der Waals surface area (Å²) < 4.78 is 5.89. The number of halogens is 2. The van der Waals surface area contributed by atoms with Crippen LogP contribution in [0.3, 0.4) is 0 Å². The van der Waals surface area contributed by atoms with Gasteiger partial charge in [0.05, 0.1) is 0 Å². The largest absolute Gasteiger partial charge is 0.445 e. The lowest BCUT2D eigenvalue weighted by Gasteiger charge is -2.08. The topological polar surface area (TPSA) is 51.2 Å². The van der Waals surface area contributed by atoms with E-state index >= 15 is 0 Å². The van der Waals surface area contributed by atoms with Crippen molar-refractivity contribution in [3.8, 4) is 0 Å². The molecule has 4 nitrogen and oxygen atoms in total. The van der Waals surface area contributed by atoms with Crippen molar-refractivity contribution in [1.82, 2.24) is 10.3 Å². The molecule has 1 aromatic heterocycles. The second kappa shape index (κ2) is 7.26. The second-order valence-electron chi connectivity index (χ2n) is 4.01. The van der Waals surface area contributed by atoms with Gasteiger partial charge in [0.25, 0.3) is 0 Å². The Morgan fingerprint density at radius 3 is 2.85 bits per heavy atom. The molecular weight excluding hydrogens is 344 g/mol. The van der Waals surface area contributed by atoms with Gasteiger partial charge in [-0.1, -0.05) is 41.9 Å². The summed E-state index contributed by atoms with van der Waals surface area (Å²) in [5.41, 5.74) is 1.78. The summed E-state index contributed by atoms with van der Waals surface area (Å²) in [6.45, 7) is 0.557. The van der Waals surface area contributed by atoms with E-state index in [4.69, 9.17) is 16.3 Å². The van der Waals surface area contributed by atoms with Crippen LogP contribution in [0.25, 0.3) is 0 Å². The van der Waals surface area contributed by atoms with Crippen molar-refractivity contribution < 1.29 is 9.53 Å². The molecule has 1 amide bonds. The Balaban J connectivity index is 1.82. The van der Waals surface area contributed by atoms with E-state index in [1.54, 1.807) is 12.3 Å². The fraction of sp³-hybridized carbons (Fsp3) is 0.143. The monoisotopic (exact) mass is 354 g/mol. The Kier molecular flexibility index (Phi) is 5.38. The van der Waals surface area contributed by atoms with Crippen molar-refractivity contribution in [1.29, 1.82) is 0 Å². The molecule has 0 bridgehead atoms. The number of hydrogen-bond donors (Lipinski definition) is 1. The van der Waals surface area contributed by atoms with Crippen LogP contribution >= 0.6 is 27.5 Å². The minimum absolute atomic E-state index is 0.241. The molecule has 0 saturated carbocycles. The van der Waals surface area contributed by atoms with Crippen molar-refractivity contribution in [3.05, 3.63) is 63.3 Å². The number of pyridine rings is 1. The first-order valence-electron chi connectivity index (χ1n) is 5.89. The first-order valence-corrected chi connectivity index (χ1v) is 7.07. The summed E-state index contributed by atoms with van der Waals surface area (Å²) in [6, 6.07) is 11.2. The number of alkyl carbamates (subject to hydrolysis) is 1. The average Bonchev–Trinajstić information content (AvgIpc) is 2.47. The van der Waals surface area contributed by atoms with Crippen molar-refractivity contribution in [2.24, 2.45) is 0 Å². The highest BCUT2D eigenvalue weighted by Crippen LogP contribution is 2.18. The predicted octanol–water partition coefficient (Wildman–Crippen LogP) is 3.92. The van der Waals surface area contributed by atoms with Crippen molar-refractivity contribution in [3.63, 3.8) is 0 Å². The maximum atomic E-state index is 11.6. The van der Waals surface area contributed by atoms with E-state index in [1.807, 2.05) is 30.3 Å². The van der Waals surface area contributed by atoms with Gasteiger partial charge in [0.2, 0.25) is 0 Å². The van der Waals surface area contributed by atoms with Crippen LogP contribution in [0, 0.1) is 0 Å². The Labute approximate surface area is 130 Å². The maximum absolute atomic E-state index is 11.6. The number of nitrogens with zero attached hydrogens (tertiary/aromatic N) is 1. The Morgan fingerprint density at radius 2 is 2.10 bits per heavy atom. The zero-order valence-corrected chi connectivity index (χ0v) is 12.8. The summed E-state index contributed by atoms with van der Waals surface area (Å²) in [7, 11) is 0. The van der Waals surface area contributed by atoms with E-state index in [0.29, 0.717) is 11.7 Å². The van der Waals surface area contributed by atoms with Crippen molar-refractivity contribution >= 4 is 33.6 Å². The van der Waals surface area contributed by atoms with Gasteiger partial charge < -0.3 is 10.1 Å². The third-order valence-electron chi connectivity index (χ3n) is 2.54. The molecule has 1 heterocycles. The van der Waals surface area contributed by atoms with Crippen LogP contribution in [0.15, 0.2) is 47.1 Å². The average molecular weight is 356 g/mol. The lowest BCUT2D eigenvalue weighted by atomic mass is 10.2. The molecule has 0 aliphatic heterocycles. The molecule has 0 aliphatic carbocycles. The van der Waals surface area contributed by atoms with Gasteiger partial charge in [0, 0.05) is 17.2 Å². The first kappa shape index (κ1) is 14.8. The Morgan fingerprint density at radius 1 is 1.35 bits per heavy atom. The van der Waals surface area contributed by atoms with E-state index < -0.39 is 6.09 Å². The number of amides is 1. The van der Waals surface area contributed by atoms with E-state index in [9.17, 15) is 4.79 Å². The number of aromatic nitrogens is 1. The second-order valence-corrected chi connectivity index (χ2v) is 5.26. The van der Waals surface area contributed by atoms with Crippen LogP contribution in [-0.4, -0.2) is 11.1 Å². The van der Waals surface area contributed by atoms with Gasteiger partial charge >= 0.3 is 6.09 Å². The van der Waals surface area contributed by atoms with Crippen LogP contribution in [0.4, 0.5) is 4.79 Å². The van der Waals surface area contributed by atoms with Crippen LogP contribution in [0.2, 0.25) is 5.15 Å². The molecule has 0 fully saturated rings. The molecule has 0 spiro atoms. The van der Waals surface area contributed by atoms with E-state index in [1.165, 1.54) is 0 Å². The first-order chi connectivity index (χ1) is 9.65. The number of carbonyl (C=O) groups is 1. The highest BCUT2D eigenvalue weighted by atomic mass is 79.9. The van der Waals surface area contributed by atoms with Crippen molar-refractivity contribution in [2.45, 2.75) is 13.2 Å². The van der Waals surface area contributed by atoms with Gasteiger partial charge in [-0.2, -0.15) is 0 Å². The quantitative estimate of drug-likeness (QED) is 0.846. The van der Waals surface area contributed by atoms with Crippen molar-refractivity contribution in [2.75, 3.05) is 0 Å². The summed E-state index contributed by atoms with van der Waals surface area (Å²) in [4.78, 5) is 15.5. The minimum Gasteiger partial charge on any atom is -0.445 e.